The minimum atomic E-state index is -0.0874. The molecule has 5 nitrogen and oxygen atoms in total. The fourth-order valence-electron chi connectivity index (χ4n) is 0.805. The van der Waals surface area contributed by atoms with Crippen LogP contribution in [0.4, 0.5) is 0 Å². The highest BCUT2D eigenvalue weighted by atomic mass is 32.1. The molecule has 0 spiro atoms. The van der Waals surface area contributed by atoms with Crippen molar-refractivity contribution in [1.82, 2.24) is 20.1 Å². The molecule has 0 fully saturated rings. The van der Waals surface area contributed by atoms with E-state index in [1.54, 1.807) is 18.5 Å². The zero-order valence-corrected chi connectivity index (χ0v) is 7.73. The van der Waals surface area contributed by atoms with Crippen LogP contribution in [0, 0.1) is 11.7 Å². The lowest BCUT2D eigenvalue weighted by Crippen LogP contribution is -2.24. The first-order valence-corrected chi connectivity index (χ1v) is 3.88. The summed E-state index contributed by atoms with van der Waals surface area (Å²) in [6, 6.07) is 0. The van der Waals surface area contributed by atoms with Gasteiger partial charge in [0.25, 0.3) is 0 Å². The number of aromatic nitrogens is 3. The zero-order valence-electron chi connectivity index (χ0n) is 6.92. The molecule has 2 N–H and O–H groups in total. The number of aromatic amines is 1. The molecule has 1 aromatic heterocycles. The molecule has 1 aromatic rings. The number of nitrogens with zero attached hydrogens (tertiary/aromatic N) is 2. The number of carbonyl (C=O) groups excluding carboxylic acids is 1. The van der Waals surface area contributed by atoms with E-state index in [9.17, 15) is 4.79 Å². The number of H-pyrrole nitrogens is 1. The van der Waals surface area contributed by atoms with Crippen molar-refractivity contribution in [3.63, 3.8) is 0 Å². The minimum absolute atomic E-state index is 0.0874. The smallest absolute Gasteiger partial charge is 0.239 e. The van der Waals surface area contributed by atoms with Gasteiger partial charge in [-0.05, 0) is 19.1 Å². The maximum absolute atomic E-state index is 11.0. The van der Waals surface area contributed by atoms with Crippen LogP contribution >= 0.6 is 12.2 Å². The van der Waals surface area contributed by atoms with Crippen LogP contribution in [0.15, 0.2) is 0 Å². The second-order valence-corrected chi connectivity index (χ2v) is 2.72. The number of nitrogens with one attached hydrogen (secondary N) is 2. The number of hydrogen-bond donors (Lipinski definition) is 2. The SMILES string of the molecule is CNC(=O)Cn1c(C)n[nH]c1=S. The Morgan fingerprint density at radius 2 is 2.50 bits per heavy atom. The van der Waals surface area contributed by atoms with E-state index in [1.165, 1.54) is 0 Å². The highest BCUT2D eigenvalue weighted by Crippen LogP contribution is 1.94. The molecule has 0 saturated carbocycles. The Kier molecular flexibility index (Phi) is 2.59. The second kappa shape index (κ2) is 3.48. The molecule has 0 aliphatic heterocycles. The predicted octanol–water partition coefficient (Wildman–Crippen LogP) is -0.00489. The van der Waals surface area contributed by atoms with Crippen molar-refractivity contribution in [2.45, 2.75) is 13.5 Å². The largest absolute Gasteiger partial charge is 0.358 e. The molecule has 0 aliphatic carbocycles. The van der Waals surface area contributed by atoms with Crippen LogP contribution in [0.3, 0.4) is 0 Å². The third-order valence-corrected chi connectivity index (χ3v) is 1.84. The standard InChI is InChI=1S/C6H10N4OS/c1-4-8-9-6(12)10(4)3-5(11)7-2/h3H2,1-2H3,(H,7,11)(H,9,12). The van der Waals surface area contributed by atoms with E-state index in [-0.39, 0.29) is 12.5 Å². The Balaban J connectivity index is 2.88. The third kappa shape index (κ3) is 1.70. The normalized spacial score (nSPS) is 9.83. The van der Waals surface area contributed by atoms with Crippen molar-refractivity contribution in [2.75, 3.05) is 7.05 Å². The summed E-state index contributed by atoms with van der Waals surface area (Å²) in [5.41, 5.74) is 0. The van der Waals surface area contributed by atoms with Gasteiger partial charge in [0, 0.05) is 7.05 Å². The fourth-order valence-corrected chi connectivity index (χ4v) is 1.05. The van der Waals surface area contributed by atoms with Crippen molar-refractivity contribution in [3.8, 4) is 0 Å². The van der Waals surface area contributed by atoms with Crippen LogP contribution in [0.2, 0.25) is 0 Å². The van der Waals surface area contributed by atoms with Gasteiger partial charge in [0.15, 0.2) is 4.77 Å². The molecule has 66 valence electrons. The van der Waals surface area contributed by atoms with E-state index >= 15 is 0 Å². The summed E-state index contributed by atoms with van der Waals surface area (Å²) in [6.45, 7) is 2.01. The summed E-state index contributed by atoms with van der Waals surface area (Å²) in [6.07, 6.45) is 0. The van der Waals surface area contributed by atoms with Crippen molar-refractivity contribution in [3.05, 3.63) is 10.6 Å². The minimum Gasteiger partial charge on any atom is -0.358 e. The first-order chi connectivity index (χ1) is 5.65. The maximum Gasteiger partial charge on any atom is 0.239 e. The van der Waals surface area contributed by atoms with E-state index in [1.807, 2.05) is 0 Å². The van der Waals surface area contributed by atoms with Gasteiger partial charge >= 0.3 is 0 Å². The number of hydrogen-bond acceptors (Lipinski definition) is 3. The van der Waals surface area contributed by atoms with Crippen molar-refractivity contribution in [2.24, 2.45) is 0 Å². The molecule has 1 amide bonds. The lowest BCUT2D eigenvalue weighted by atomic mass is 10.5. The molecule has 0 unspecified atom stereocenters. The molecular formula is C6H10N4OS. The Hall–Kier alpha value is -1.17. The van der Waals surface area contributed by atoms with E-state index in [4.69, 9.17) is 12.2 Å². The molecule has 1 heterocycles. The first-order valence-electron chi connectivity index (χ1n) is 3.47. The van der Waals surface area contributed by atoms with Crippen LogP contribution in [-0.4, -0.2) is 27.7 Å². The van der Waals surface area contributed by atoms with Gasteiger partial charge in [-0.25, -0.2) is 0 Å². The summed E-state index contributed by atoms with van der Waals surface area (Å²) < 4.78 is 2.10. The lowest BCUT2D eigenvalue weighted by Gasteiger charge is -2.01. The zero-order chi connectivity index (χ0) is 9.14. The summed E-state index contributed by atoms with van der Waals surface area (Å²) in [4.78, 5) is 11.0. The predicted molar refractivity (Wildman–Crippen MR) is 46.2 cm³/mol. The van der Waals surface area contributed by atoms with Crippen molar-refractivity contribution < 1.29 is 4.79 Å². The van der Waals surface area contributed by atoms with Gasteiger partial charge in [0.1, 0.15) is 12.4 Å². The molecule has 0 aromatic carbocycles. The van der Waals surface area contributed by atoms with Crippen LogP contribution in [-0.2, 0) is 11.3 Å². The molecule has 0 radical (unpaired) electrons. The van der Waals surface area contributed by atoms with Crippen LogP contribution in [0.1, 0.15) is 5.82 Å². The van der Waals surface area contributed by atoms with Gasteiger partial charge in [-0.3, -0.25) is 14.5 Å². The highest BCUT2D eigenvalue weighted by Gasteiger charge is 2.04. The fraction of sp³-hybridized carbons (Fsp3) is 0.500. The van der Waals surface area contributed by atoms with Gasteiger partial charge in [-0.2, -0.15) is 5.10 Å². The number of carbonyl (C=O) groups is 1. The number of amides is 1. The van der Waals surface area contributed by atoms with Gasteiger partial charge in [0.05, 0.1) is 0 Å². The van der Waals surface area contributed by atoms with E-state index in [2.05, 4.69) is 15.5 Å². The first kappa shape index (κ1) is 8.92. The Morgan fingerprint density at radius 1 is 1.83 bits per heavy atom. The van der Waals surface area contributed by atoms with E-state index < -0.39 is 0 Å². The average Bonchev–Trinajstić information content (AvgIpc) is 2.35. The molecular weight excluding hydrogens is 176 g/mol. The number of aryl methyl sites for hydroxylation is 1. The summed E-state index contributed by atoms with van der Waals surface area (Å²) in [5.74, 6) is 0.624. The van der Waals surface area contributed by atoms with Gasteiger partial charge < -0.3 is 5.32 Å². The second-order valence-electron chi connectivity index (χ2n) is 2.34. The van der Waals surface area contributed by atoms with Crippen LogP contribution in [0.5, 0.6) is 0 Å². The van der Waals surface area contributed by atoms with Crippen LogP contribution < -0.4 is 5.32 Å². The van der Waals surface area contributed by atoms with Crippen molar-refractivity contribution >= 4 is 18.1 Å². The maximum atomic E-state index is 11.0. The van der Waals surface area contributed by atoms with Gasteiger partial charge in [-0.1, -0.05) is 0 Å². The number of likely N-dealkylation sites (N-methyl/N-ethyl adjacent to an activating group) is 1. The molecule has 0 atom stereocenters. The third-order valence-electron chi connectivity index (χ3n) is 1.53. The molecule has 6 heteroatoms. The van der Waals surface area contributed by atoms with Crippen molar-refractivity contribution in [1.29, 1.82) is 0 Å². The molecule has 0 aliphatic rings. The van der Waals surface area contributed by atoms with E-state index in [0.717, 1.165) is 0 Å². The Morgan fingerprint density at radius 3 is 2.92 bits per heavy atom. The van der Waals surface area contributed by atoms with Crippen LogP contribution in [0.25, 0.3) is 0 Å². The summed E-state index contributed by atoms with van der Waals surface area (Å²) in [7, 11) is 1.58. The molecule has 1 rings (SSSR count). The summed E-state index contributed by atoms with van der Waals surface area (Å²) in [5, 5.41) is 8.98. The quantitative estimate of drug-likeness (QED) is 0.639. The average molecular weight is 186 g/mol. The van der Waals surface area contributed by atoms with Gasteiger partial charge in [0.2, 0.25) is 5.91 Å². The Labute approximate surface area is 74.8 Å². The highest BCUT2D eigenvalue weighted by molar-refractivity contribution is 7.71. The molecule has 12 heavy (non-hydrogen) atoms. The lowest BCUT2D eigenvalue weighted by molar-refractivity contribution is -0.121. The number of rotatable bonds is 2. The topological polar surface area (TPSA) is 62.7 Å². The molecule has 0 bridgehead atoms. The van der Waals surface area contributed by atoms with E-state index in [0.29, 0.717) is 10.6 Å². The molecule has 0 saturated heterocycles. The monoisotopic (exact) mass is 186 g/mol. The Bertz CT molecular complexity index is 340. The van der Waals surface area contributed by atoms with Gasteiger partial charge in [-0.15, -0.1) is 0 Å². The summed E-state index contributed by atoms with van der Waals surface area (Å²) >= 11 is 4.90.